The number of aliphatic hydroxyl groups excluding tert-OH is 1. The number of ether oxygens (including phenoxy) is 1. The van der Waals surface area contributed by atoms with Gasteiger partial charge in [-0.05, 0) is 13.3 Å². The van der Waals surface area contributed by atoms with Crippen molar-refractivity contribution in [3.05, 3.63) is 0 Å². The monoisotopic (exact) mass is 233 g/mol. The van der Waals surface area contributed by atoms with E-state index in [-0.39, 0.29) is 12.2 Å². The first-order valence-electron chi connectivity index (χ1n) is 5.82. The molecule has 0 spiro atoms. The van der Waals surface area contributed by atoms with Crippen molar-refractivity contribution in [2.75, 3.05) is 37.7 Å². The highest BCUT2D eigenvalue weighted by atomic mass is 32.2. The summed E-state index contributed by atoms with van der Waals surface area (Å²) < 4.78 is 5.51. The summed E-state index contributed by atoms with van der Waals surface area (Å²) in [5, 5.41) is 9.77. The van der Waals surface area contributed by atoms with Crippen LogP contribution in [0.1, 0.15) is 20.3 Å². The van der Waals surface area contributed by atoms with Crippen LogP contribution >= 0.6 is 11.8 Å². The number of hydrogen-bond donors (Lipinski definition) is 1. The lowest BCUT2D eigenvalue weighted by atomic mass is 10.3. The van der Waals surface area contributed by atoms with Gasteiger partial charge in [-0.15, -0.1) is 0 Å². The van der Waals surface area contributed by atoms with Crippen LogP contribution in [-0.2, 0) is 4.74 Å². The molecule has 0 bridgehead atoms. The first kappa shape index (κ1) is 13.3. The van der Waals surface area contributed by atoms with Crippen LogP contribution in [0, 0.1) is 0 Å². The molecule has 1 aliphatic heterocycles. The van der Waals surface area contributed by atoms with E-state index < -0.39 is 0 Å². The molecule has 0 aromatic rings. The van der Waals surface area contributed by atoms with E-state index in [1.807, 2.05) is 18.7 Å². The van der Waals surface area contributed by atoms with Gasteiger partial charge in [0.1, 0.15) is 0 Å². The molecule has 90 valence electrons. The topological polar surface area (TPSA) is 32.7 Å². The molecule has 1 N–H and O–H groups in total. The van der Waals surface area contributed by atoms with E-state index in [1.165, 1.54) is 11.5 Å². The predicted octanol–water partition coefficient (Wildman–Crippen LogP) is 1.21. The number of nitrogens with zero attached hydrogens (tertiary/aromatic N) is 1. The number of β-amino-alcohol motifs (C(OH)–C–C–N with tert-alkyl or cyclic N) is 1. The largest absolute Gasteiger partial charge is 0.389 e. The summed E-state index contributed by atoms with van der Waals surface area (Å²) in [6, 6.07) is 0. The van der Waals surface area contributed by atoms with Gasteiger partial charge in [0.15, 0.2) is 0 Å². The van der Waals surface area contributed by atoms with Crippen LogP contribution in [-0.4, -0.2) is 60.0 Å². The zero-order valence-electron chi connectivity index (χ0n) is 9.82. The predicted molar refractivity (Wildman–Crippen MR) is 65.5 cm³/mol. The first-order chi connectivity index (χ1) is 7.22. The van der Waals surface area contributed by atoms with Gasteiger partial charge in [0.05, 0.1) is 18.8 Å². The maximum atomic E-state index is 9.77. The van der Waals surface area contributed by atoms with Gasteiger partial charge in [-0.25, -0.2) is 0 Å². The quantitative estimate of drug-likeness (QED) is 0.747. The van der Waals surface area contributed by atoms with Gasteiger partial charge in [-0.2, -0.15) is 11.8 Å². The first-order valence-corrected chi connectivity index (χ1v) is 6.97. The van der Waals surface area contributed by atoms with Crippen molar-refractivity contribution in [3.8, 4) is 0 Å². The van der Waals surface area contributed by atoms with Crippen molar-refractivity contribution >= 4 is 11.8 Å². The van der Waals surface area contributed by atoms with Gasteiger partial charge in [0.25, 0.3) is 0 Å². The summed E-state index contributed by atoms with van der Waals surface area (Å²) in [4.78, 5) is 2.32. The van der Waals surface area contributed by atoms with E-state index in [0.29, 0.717) is 6.61 Å². The average molecular weight is 233 g/mol. The molecule has 4 heteroatoms. The van der Waals surface area contributed by atoms with E-state index in [2.05, 4.69) is 11.8 Å². The highest BCUT2D eigenvalue weighted by Crippen LogP contribution is 2.09. The van der Waals surface area contributed by atoms with E-state index in [9.17, 15) is 5.11 Å². The smallest absolute Gasteiger partial charge is 0.0900 e. The lowest BCUT2D eigenvalue weighted by Gasteiger charge is -2.28. The lowest BCUT2D eigenvalue weighted by Crippen LogP contribution is -2.40. The lowest BCUT2D eigenvalue weighted by molar-refractivity contribution is -0.0146. The molecular formula is C11H23NO2S. The average Bonchev–Trinajstić information content (AvgIpc) is 2.27. The Morgan fingerprint density at radius 1 is 1.40 bits per heavy atom. The molecule has 0 aliphatic carbocycles. The van der Waals surface area contributed by atoms with Crippen LogP contribution in [0.25, 0.3) is 0 Å². The van der Waals surface area contributed by atoms with Crippen molar-refractivity contribution in [2.45, 2.75) is 32.5 Å². The third kappa shape index (κ3) is 5.76. The second-order valence-corrected chi connectivity index (χ2v) is 5.34. The molecule has 0 aromatic heterocycles. The minimum Gasteiger partial charge on any atom is -0.389 e. The summed E-state index contributed by atoms with van der Waals surface area (Å²) in [5.74, 6) is 2.39. The number of aliphatic hydroxyl groups is 1. The van der Waals surface area contributed by atoms with Gasteiger partial charge in [0, 0.05) is 31.1 Å². The van der Waals surface area contributed by atoms with Crippen molar-refractivity contribution in [1.82, 2.24) is 4.90 Å². The molecular weight excluding hydrogens is 210 g/mol. The molecule has 0 aromatic carbocycles. The molecule has 1 fully saturated rings. The van der Waals surface area contributed by atoms with Gasteiger partial charge in [-0.3, -0.25) is 4.90 Å². The minimum atomic E-state index is -0.331. The molecule has 0 amide bonds. The van der Waals surface area contributed by atoms with Crippen LogP contribution in [0.4, 0.5) is 0 Å². The van der Waals surface area contributed by atoms with E-state index in [4.69, 9.17) is 4.74 Å². The Morgan fingerprint density at radius 2 is 2.07 bits per heavy atom. The van der Waals surface area contributed by atoms with Gasteiger partial charge >= 0.3 is 0 Å². The summed E-state index contributed by atoms with van der Waals surface area (Å²) in [6.45, 7) is 7.58. The van der Waals surface area contributed by atoms with Crippen LogP contribution in [0.2, 0.25) is 0 Å². The zero-order chi connectivity index (χ0) is 11.1. The van der Waals surface area contributed by atoms with Crippen molar-refractivity contribution in [2.24, 2.45) is 0 Å². The van der Waals surface area contributed by atoms with Crippen LogP contribution in [0.15, 0.2) is 0 Å². The molecule has 1 rings (SSSR count). The van der Waals surface area contributed by atoms with Crippen molar-refractivity contribution in [1.29, 1.82) is 0 Å². The Labute approximate surface area is 97.2 Å². The fourth-order valence-electron chi connectivity index (χ4n) is 1.53. The van der Waals surface area contributed by atoms with Crippen LogP contribution < -0.4 is 0 Å². The summed E-state index contributed by atoms with van der Waals surface area (Å²) in [7, 11) is 0. The highest BCUT2D eigenvalue weighted by molar-refractivity contribution is 7.99. The maximum Gasteiger partial charge on any atom is 0.0900 e. The molecule has 2 unspecified atom stereocenters. The molecule has 3 nitrogen and oxygen atoms in total. The molecule has 1 saturated heterocycles. The molecule has 0 radical (unpaired) electrons. The highest BCUT2D eigenvalue weighted by Gasteiger charge is 2.15. The molecule has 15 heavy (non-hydrogen) atoms. The summed E-state index contributed by atoms with van der Waals surface area (Å²) in [6.07, 6.45) is 0.936. The van der Waals surface area contributed by atoms with Crippen molar-refractivity contribution < 1.29 is 9.84 Å². The fraction of sp³-hybridized carbons (Fsp3) is 1.00. The summed E-state index contributed by atoms with van der Waals surface area (Å²) >= 11 is 1.99. The SMILES string of the molecule is CCC(C)OCC(O)CN1CCSCC1. The number of hydrogen-bond acceptors (Lipinski definition) is 4. The fourth-order valence-corrected chi connectivity index (χ4v) is 2.51. The Kier molecular flexibility index (Phi) is 6.64. The third-order valence-corrected chi connectivity index (χ3v) is 3.66. The molecule has 1 aliphatic rings. The molecule has 0 saturated carbocycles. The Balaban J connectivity index is 2.08. The molecule has 1 heterocycles. The minimum absolute atomic E-state index is 0.261. The number of rotatable bonds is 6. The van der Waals surface area contributed by atoms with Gasteiger partial charge in [-0.1, -0.05) is 6.92 Å². The Morgan fingerprint density at radius 3 is 2.67 bits per heavy atom. The van der Waals surface area contributed by atoms with E-state index in [0.717, 1.165) is 26.1 Å². The normalized spacial score (nSPS) is 22.6. The third-order valence-electron chi connectivity index (χ3n) is 2.72. The number of thioether (sulfide) groups is 1. The summed E-state index contributed by atoms with van der Waals surface area (Å²) in [5.41, 5.74) is 0. The maximum absolute atomic E-state index is 9.77. The van der Waals surface area contributed by atoms with Gasteiger partial charge in [0.2, 0.25) is 0 Å². The Hall–Kier alpha value is 0.230. The van der Waals surface area contributed by atoms with Crippen LogP contribution in [0.5, 0.6) is 0 Å². The van der Waals surface area contributed by atoms with E-state index in [1.54, 1.807) is 0 Å². The second kappa shape index (κ2) is 7.49. The van der Waals surface area contributed by atoms with Gasteiger partial charge < -0.3 is 9.84 Å². The second-order valence-electron chi connectivity index (χ2n) is 4.12. The molecule has 2 atom stereocenters. The van der Waals surface area contributed by atoms with Crippen molar-refractivity contribution in [3.63, 3.8) is 0 Å². The van der Waals surface area contributed by atoms with E-state index >= 15 is 0 Å². The zero-order valence-corrected chi connectivity index (χ0v) is 10.6. The Bertz CT molecular complexity index is 163. The standard InChI is InChI=1S/C11H23NO2S/c1-3-10(2)14-9-11(13)8-12-4-6-15-7-5-12/h10-11,13H,3-9H2,1-2H3. The van der Waals surface area contributed by atoms with Crippen LogP contribution in [0.3, 0.4) is 0 Å².